The lowest BCUT2D eigenvalue weighted by atomic mass is 9.84. The molecule has 10 aromatic rings. The zero-order valence-electron chi connectivity index (χ0n) is 33.0. The van der Waals surface area contributed by atoms with Crippen LogP contribution in [-0.4, -0.2) is 0 Å². The lowest BCUT2D eigenvalue weighted by molar-refractivity contribution is 0.590. The molecule has 1 heterocycles. The van der Waals surface area contributed by atoms with Crippen molar-refractivity contribution in [1.29, 1.82) is 0 Å². The highest BCUT2D eigenvalue weighted by molar-refractivity contribution is 6.13. The van der Waals surface area contributed by atoms with Gasteiger partial charge in [0.15, 0.2) is 0 Å². The van der Waals surface area contributed by atoms with Gasteiger partial charge in [-0.25, -0.2) is 0 Å². The molecule has 58 heavy (non-hydrogen) atoms. The molecule has 278 valence electrons. The van der Waals surface area contributed by atoms with Gasteiger partial charge >= 0.3 is 0 Å². The molecule has 2 nitrogen and oxygen atoms in total. The molecule has 0 unspecified atom stereocenters. The van der Waals surface area contributed by atoms with E-state index in [-0.39, 0.29) is 5.41 Å². The predicted octanol–water partition coefficient (Wildman–Crippen LogP) is 16.2. The smallest absolute Gasteiger partial charge is 0.136 e. The Morgan fingerprint density at radius 2 is 0.914 bits per heavy atom. The highest BCUT2D eigenvalue weighted by atomic mass is 16.3. The largest absolute Gasteiger partial charge is 0.456 e. The number of benzene rings is 9. The molecule has 0 aliphatic carbocycles. The second-order valence-electron chi connectivity index (χ2n) is 16.1. The Morgan fingerprint density at radius 3 is 1.64 bits per heavy atom. The third kappa shape index (κ3) is 6.24. The van der Waals surface area contributed by atoms with Crippen LogP contribution in [0.2, 0.25) is 0 Å². The van der Waals surface area contributed by atoms with Crippen molar-refractivity contribution in [3.8, 4) is 44.5 Å². The van der Waals surface area contributed by atoms with Crippen molar-refractivity contribution in [2.75, 3.05) is 4.90 Å². The van der Waals surface area contributed by atoms with Crippen LogP contribution < -0.4 is 4.90 Å². The molecule has 0 saturated carbocycles. The van der Waals surface area contributed by atoms with Crippen LogP contribution in [0.4, 0.5) is 17.1 Å². The summed E-state index contributed by atoms with van der Waals surface area (Å²) in [5, 5.41) is 4.72. The third-order valence-corrected chi connectivity index (χ3v) is 11.5. The molecule has 0 bridgehead atoms. The third-order valence-electron chi connectivity index (χ3n) is 11.5. The molecule has 0 aliphatic heterocycles. The number of anilines is 3. The molecule has 0 spiro atoms. The van der Waals surface area contributed by atoms with Crippen LogP contribution in [0.5, 0.6) is 0 Å². The molecule has 0 atom stereocenters. The van der Waals surface area contributed by atoms with Gasteiger partial charge in [0.2, 0.25) is 0 Å². The second-order valence-corrected chi connectivity index (χ2v) is 16.1. The lowest BCUT2D eigenvalue weighted by Gasteiger charge is -2.31. The number of hydrogen-bond acceptors (Lipinski definition) is 2. The van der Waals surface area contributed by atoms with E-state index in [9.17, 15) is 0 Å². The Labute approximate surface area is 340 Å². The van der Waals surface area contributed by atoms with Crippen LogP contribution in [0.3, 0.4) is 0 Å². The van der Waals surface area contributed by atoms with Crippen molar-refractivity contribution in [2.24, 2.45) is 0 Å². The minimum Gasteiger partial charge on any atom is -0.456 e. The zero-order chi connectivity index (χ0) is 39.2. The molecule has 9 aromatic carbocycles. The van der Waals surface area contributed by atoms with Gasteiger partial charge in [-0.1, -0.05) is 185 Å². The highest BCUT2D eigenvalue weighted by Gasteiger charge is 2.24. The average Bonchev–Trinajstić information content (AvgIpc) is 3.66. The van der Waals surface area contributed by atoms with Gasteiger partial charge in [-0.3, -0.25) is 0 Å². The first-order valence-corrected chi connectivity index (χ1v) is 20.1. The Kier molecular flexibility index (Phi) is 8.76. The first kappa shape index (κ1) is 35.3. The maximum atomic E-state index is 6.29. The van der Waals surface area contributed by atoms with Crippen LogP contribution in [0.1, 0.15) is 26.3 Å². The predicted molar refractivity (Wildman–Crippen MR) is 246 cm³/mol. The van der Waals surface area contributed by atoms with Crippen LogP contribution in [0.15, 0.2) is 211 Å². The van der Waals surface area contributed by atoms with Crippen molar-refractivity contribution in [2.45, 2.75) is 26.2 Å². The highest BCUT2D eigenvalue weighted by Crippen LogP contribution is 2.48. The van der Waals surface area contributed by atoms with Gasteiger partial charge < -0.3 is 9.32 Å². The van der Waals surface area contributed by atoms with Crippen LogP contribution in [-0.2, 0) is 5.41 Å². The summed E-state index contributed by atoms with van der Waals surface area (Å²) in [6.07, 6.45) is 0. The molecule has 0 amide bonds. The Morgan fingerprint density at radius 1 is 0.379 bits per heavy atom. The van der Waals surface area contributed by atoms with Crippen LogP contribution in [0, 0.1) is 0 Å². The number of fused-ring (bicyclic) bond motifs is 4. The number of para-hydroxylation sites is 2. The van der Waals surface area contributed by atoms with Gasteiger partial charge in [0.1, 0.15) is 11.2 Å². The Hall–Kier alpha value is -7.16. The molecular weight excluding hydrogens is 703 g/mol. The van der Waals surface area contributed by atoms with Crippen molar-refractivity contribution in [3.05, 3.63) is 212 Å². The fraction of sp³-hybridized carbons (Fsp3) is 0.0714. The molecule has 0 radical (unpaired) electrons. The van der Waals surface area contributed by atoms with E-state index in [1.165, 1.54) is 44.2 Å². The van der Waals surface area contributed by atoms with E-state index < -0.39 is 0 Å². The summed E-state index contributed by atoms with van der Waals surface area (Å²) in [6.45, 7) is 6.87. The van der Waals surface area contributed by atoms with Gasteiger partial charge in [0.05, 0.1) is 11.4 Å². The maximum Gasteiger partial charge on any atom is 0.136 e. The van der Waals surface area contributed by atoms with E-state index in [1.807, 2.05) is 12.1 Å². The topological polar surface area (TPSA) is 16.4 Å². The molecule has 0 fully saturated rings. The molecule has 1 aromatic heterocycles. The zero-order valence-corrected chi connectivity index (χ0v) is 33.0. The molecule has 0 saturated heterocycles. The summed E-state index contributed by atoms with van der Waals surface area (Å²) in [6, 6.07) is 74.6. The minimum absolute atomic E-state index is 0.0263. The lowest BCUT2D eigenvalue weighted by Crippen LogP contribution is -2.15. The summed E-state index contributed by atoms with van der Waals surface area (Å²) < 4.78 is 6.29. The van der Waals surface area contributed by atoms with Gasteiger partial charge in [-0.15, -0.1) is 0 Å². The minimum atomic E-state index is -0.0263. The monoisotopic (exact) mass is 745 g/mol. The summed E-state index contributed by atoms with van der Waals surface area (Å²) in [5.41, 5.74) is 15.8. The van der Waals surface area contributed by atoms with Gasteiger partial charge in [-0.05, 0) is 97.6 Å². The fourth-order valence-electron chi connectivity index (χ4n) is 8.58. The number of furan rings is 1. The number of nitrogens with zero attached hydrogens (tertiary/aromatic N) is 1. The molecule has 0 aliphatic rings. The van der Waals surface area contributed by atoms with E-state index in [0.717, 1.165) is 55.7 Å². The van der Waals surface area contributed by atoms with E-state index in [2.05, 4.69) is 220 Å². The SMILES string of the molecule is CC(C)(C)c1ccc(N(c2ccc(-c3cccc4oc5ccccc5c34)cc2)c2ccccc2-c2cccc3cccc(-c4ccccc4)c23)c(-c2ccccc2)c1. The van der Waals surface area contributed by atoms with Gasteiger partial charge in [0, 0.05) is 27.6 Å². The summed E-state index contributed by atoms with van der Waals surface area (Å²) in [7, 11) is 0. The quantitative estimate of drug-likeness (QED) is 0.162. The normalized spacial score (nSPS) is 11.7. The molecule has 10 rings (SSSR count). The van der Waals surface area contributed by atoms with Crippen LogP contribution >= 0.6 is 0 Å². The standard InChI is InChI=1S/C56H43NO/c1-56(2,3)42-33-36-51(49(37-42)39-19-8-5-9-20-39)57(43-34-31-40(32-35-43)45-26-16-30-53-55(45)48-24-11-13-29-52(48)58-53)50-28-12-10-23-46(50)47-27-15-22-41-21-14-25-44(54(41)47)38-17-6-4-7-18-38/h4-37H,1-3H3. The molecule has 0 N–H and O–H groups in total. The van der Waals surface area contributed by atoms with Crippen molar-refractivity contribution in [1.82, 2.24) is 0 Å². The van der Waals surface area contributed by atoms with Crippen molar-refractivity contribution >= 4 is 49.8 Å². The van der Waals surface area contributed by atoms with E-state index >= 15 is 0 Å². The Bertz CT molecular complexity index is 3070. The van der Waals surface area contributed by atoms with Crippen molar-refractivity contribution < 1.29 is 4.42 Å². The number of hydrogen-bond donors (Lipinski definition) is 0. The van der Waals surface area contributed by atoms with E-state index in [0.29, 0.717) is 0 Å². The first-order valence-electron chi connectivity index (χ1n) is 20.1. The van der Waals surface area contributed by atoms with Crippen LogP contribution in [0.25, 0.3) is 77.2 Å². The Balaban J connectivity index is 1.22. The second kappa shape index (κ2) is 14.4. The van der Waals surface area contributed by atoms with Crippen molar-refractivity contribution in [3.63, 3.8) is 0 Å². The summed E-state index contributed by atoms with van der Waals surface area (Å²) in [5.74, 6) is 0. The summed E-state index contributed by atoms with van der Waals surface area (Å²) >= 11 is 0. The van der Waals surface area contributed by atoms with E-state index in [1.54, 1.807) is 0 Å². The van der Waals surface area contributed by atoms with E-state index in [4.69, 9.17) is 4.42 Å². The van der Waals surface area contributed by atoms with Gasteiger partial charge in [-0.2, -0.15) is 0 Å². The summed E-state index contributed by atoms with van der Waals surface area (Å²) in [4.78, 5) is 2.46. The fourth-order valence-corrected chi connectivity index (χ4v) is 8.58. The maximum absolute atomic E-state index is 6.29. The first-order chi connectivity index (χ1) is 28.4. The molecular formula is C56H43NO. The number of rotatable bonds is 7. The average molecular weight is 746 g/mol. The van der Waals surface area contributed by atoms with Gasteiger partial charge in [0.25, 0.3) is 0 Å². The molecule has 2 heteroatoms.